The highest BCUT2D eigenvalue weighted by Gasteiger charge is 1.99. The molecular weight excluding hydrogens is 280 g/mol. The molecule has 0 aliphatic rings. The van der Waals surface area contributed by atoms with Crippen LogP contribution in [0.25, 0.3) is 6.08 Å². The van der Waals surface area contributed by atoms with E-state index in [2.05, 4.69) is 5.32 Å². The van der Waals surface area contributed by atoms with Crippen molar-refractivity contribution in [1.82, 2.24) is 0 Å². The lowest BCUT2D eigenvalue weighted by atomic mass is 10.1. The summed E-state index contributed by atoms with van der Waals surface area (Å²) in [6.07, 6.45) is 3.28. The van der Waals surface area contributed by atoms with Crippen LogP contribution in [0.2, 0.25) is 0 Å². The van der Waals surface area contributed by atoms with Gasteiger partial charge in [-0.3, -0.25) is 4.79 Å². The van der Waals surface area contributed by atoms with Gasteiger partial charge >= 0.3 is 0 Å². The molecule has 4 heteroatoms. The summed E-state index contributed by atoms with van der Waals surface area (Å²) < 4.78 is 0. The minimum absolute atomic E-state index is 0.184. The largest absolute Gasteiger partial charge is 0.323 e. The highest BCUT2D eigenvalue weighted by Crippen LogP contribution is 2.19. The number of thiocyanates is 1. The summed E-state index contributed by atoms with van der Waals surface area (Å²) in [7, 11) is 0. The molecule has 2 rings (SSSR count). The number of nitrogens with zero attached hydrogens (tertiary/aromatic N) is 1. The van der Waals surface area contributed by atoms with E-state index in [0.29, 0.717) is 5.69 Å². The third-order valence-electron chi connectivity index (χ3n) is 2.79. The van der Waals surface area contributed by atoms with Crippen molar-refractivity contribution in [3.8, 4) is 5.40 Å². The summed E-state index contributed by atoms with van der Waals surface area (Å²) in [4.78, 5) is 12.7. The highest BCUT2D eigenvalue weighted by atomic mass is 32.2. The van der Waals surface area contributed by atoms with E-state index in [1.807, 2.05) is 36.6 Å². The molecule has 0 fully saturated rings. The predicted octanol–water partition coefficient (Wildman–Crippen LogP) is 4.22. The maximum atomic E-state index is 11.8. The summed E-state index contributed by atoms with van der Waals surface area (Å²) in [5.74, 6) is -0.184. The number of benzene rings is 2. The minimum Gasteiger partial charge on any atom is -0.323 e. The molecule has 0 unspecified atom stereocenters. The third-order valence-corrected chi connectivity index (χ3v) is 3.39. The number of thioether (sulfide) groups is 1. The van der Waals surface area contributed by atoms with E-state index in [4.69, 9.17) is 5.26 Å². The Hall–Kier alpha value is -2.51. The van der Waals surface area contributed by atoms with Crippen LogP contribution < -0.4 is 5.32 Å². The van der Waals surface area contributed by atoms with Gasteiger partial charge in [0, 0.05) is 16.7 Å². The van der Waals surface area contributed by atoms with Gasteiger partial charge in [-0.2, -0.15) is 5.26 Å². The fraction of sp³-hybridized carbons (Fsp3) is 0.0588. The Bertz CT molecular complexity index is 682. The van der Waals surface area contributed by atoms with E-state index in [-0.39, 0.29) is 5.91 Å². The van der Waals surface area contributed by atoms with E-state index in [1.165, 1.54) is 11.6 Å². The van der Waals surface area contributed by atoms with Crippen molar-refractivity contribution in [2.24, 2.45) is 0 Å². The second-order valence-electron chi connectivity index (χ2n) is 4.45. The van der Waals surface area contributed by atoms with Crippen molar-refractivity contribution in [3.63, 3.8) is 0 Å². The number of hydrogen-bond donors (Lipinski definition) is 1. The Labute approximate surface area is 128 Å². The topological polar surface area (TPSA) is 52.9 Å². The lowest BCUT2D eigenvalue weighted by molar-refractivity contribution is -0.111. The monoisotopic (exact) mass is 294 g/mol. The van der Waals surface area contributed by atoms with Gasteiger partial charge in [-0.15, -0.1) is 0 Å². The molecule has 0 aliphatic carbocycles. The average Bonchev–Trinajstić information content (AvgIpc) is 2.49. The summed E-state index contributed by atoms with van der Waals surface area (Å²) >= 11 is 1.09. The Morgan fingerprint density at radius 2 is 1.81 bits per heavy atom. The first-order chi connectivity index (χ1) is 10.2. The molecule has 0 heterocycles. The number of carbonyl (C=O) groups excluding carboxylic acids is 1. The van der Waals surface area contributed by atoms with E-state index in [0.717, 1.165) is 22.2 Å². The van der Waals surface area contributed by atoms with Crippen LogP contribution in [-0.2, 0) is 4.79 Å². The molecule has 0 saturated heterocycles. The number of hydrogen-bond acceptors (Lipinski definition) is 3. The number of rotatable bonds is 4. The molecule has 104 valence electrons. The Balaban J connectivity index is 1.95. The standard InChI is InChI=1S/C17H14N2OS/c1-13-2-4-14(5-3-13)6-11-17(20)19-15-7-9-16(10-8-15)21-12-18/h2-11H,1H3,(H,19,20)/b11-6+. The maximum Gasteiger partial charge on any atom is 0.248 e. The van der Waals surface area contributed by atoms with Gasteiger partial charge in [0.2, 0.25) is 5.91 Å². The summed E-state index contributed by atoms with van der Waals surface area (Å²) in [6.45, 7) is 2.02. The molecule has 0 spiro atoms. The quantitative estimate of drug-likeness (QED) is 0.522. The first-order valence-electron chi connectivity index (χ1n) is 6.39. The molecule has 0 aliphatic heterocycles. The second-order valence-corrected chi connectivity index (χ2v) is 5.31. The molecule has 0 atom stereocenters. The minimum atomic E-state index is -0.184. The van der Waals surface area contributed by atoms with Crippen molar-refractivity contribution >= 4 is 29.4 Å². The molecule has 3 nitrogen and oxygen atoms in total. The van der Waals surface area contributed by atoms with Gasteiger partial charge in [0.05, 0.1) is 0 Å². The average molecular weight is 294 g/mol. The number of nitrogens with one attached hydrogen (secondary N) is 1. The molecule has 1 amide bonds. The van der Waals surface area contributed by atoms with Crippen molar-refractivity contribution in [3.05, 3.63) is 65.7 Å². The fourth-order valence-electron chi connectivity index (χ4n) is 1.69. The van der Waals surface area contributed by atoms with Crippen molar-refractivity contribution in [2.45, 2.75) is 11.8 Å². The van der Waals surface area contributed by atoms with Crippen LogP contribution in [0.4, 0.5) is 5.69 Å². The number of amides is 1. The number of carbonyl (C=O) groups is 1. The van der Waals surface area contributed by atoms with Crippen LogP contribution in [-0.4, -0.2) is 5.91 Å². The molecule has 0 aromatic heterocycles. The zero-order valence-corrected chi connectivity index (χ0v) is 12.4. The highest BCUT2D eigenvalue weighted by molar-refractivity contribution is 8.03. The Kier molecular flexibility index (Phi) is 5.19. The molecule has 2 aromatic rings. The van der Waals surface area contributed by atoms with Crippen LogP contribution in [0.5, 0.6) is 0 Å². The SMILES string of the molecule is Cc1ccc(/C=C/C(=O)Nc2ccc(SC#N)cc2)cc1. The fourth-order valence-corrected chi connectivity index (χ4v) is 2.07. The molecular formula is C17H14N2OS. The van der Waals surface area contributed by atoms with Crippen molar-refractivity contribution < 1.29 is 4.79 Å². The number of anilines is 1. The van der Waals surface area contributed by atoms with Gasteiger partial charge in [-0.1, -0.05) is 29.8 Å². The molecule has 1 N–H and O–H groups in total. The molecule has 0 radical (unpaired) electrons. The molecule has 2 aromatic carbocycles. The predicted molar refractivity (Wildman–Crippen MR) is 86.8 cm³/mol. The van der Waals surface area contributed by atoms with Gasteiger partial charge < -0.3 is 5.32 Å². The Morgan fingerprint density at radius 3 is 2.43 bits per heavy atom. The Morgan fingerprint density at radius 1 is 1.14 bits per heavy atom. The van der Waals surface area contributed by atoms with Gasteiger partial charge in [0.1, 0.15) is 5.40 Å². The summed E-state index contributed by atoms with van der Waals surface area (Å²) in [5.41, 5.74) is 2.87. The summed E-state index contributed by atoms with van der Waals surface area (Å²) in [5, 5.41) is 13.3. The van der Waals surface area contributed by atoms with Crippen LogP contribution in [0.3, 0.4) is 0 Å². The van der Waals surface area contributed by atoms with Crippen molar-refractivity contribution in [1.29, 1.82) is 5.26 Å². The lowest BCUT2D eigenvalue weighted by Gasteiger charge is -2.02. The van der Waals surface area contributed by atoms with Gasteiger partial charge in [-0.05, 0) is 54.6 Å². The van der Waals surface area contributed by atoms with Gasteiger partial charge in [-0.25, -0.2) is 0 Å². The van der Waals surface area contributed by atoms with Crippen molar-refractivity contribution in [2.75, 3.05) is 5.32 Å². The van der Waals surface area contributed by atoms with E-state index in [1.54, 1.807) is 30.3 Å². The zero-order valence-electron chi connectivity index (χ0n) is 11.5. The van der Waals surface area contributed by atoms with E-state index >= 15 is 0 Å². The first kappa shape index (κ1) is 14.9. The first-order valence-corrected chi connectivity index (χ1v) is 7.21. The third kappa shape index (κ3) is 4.83. The molecule has 0 saturated carbocycles. The van der Waals surface area contributed by atoms with Crippen LogP contribution in [0.1, 0.15) is 11.1 Å². The van der Waals surface area contributed by atoms with Gasteiger partial charge in [0.15, 0.2) is 0 Å². The van der Waals surface area contributed by atoms with Crippen LogP contribution in [0, 0.1) is 17.6 Å². The normalized spacial score (nSPS) is 10.3. The zero-order chi connectivity index (χ0) is 15.1. The second kappa shape index (κ2) is 7.32. The maximum absolute atomic E-state index is 11.8. The molecule has 0 bridgehead atoms. The van der Waals surface area contributed by atoms with E-state index < -0.39 is 0 Å². The smallest absolute Gasteiger partial charge is 0.248 e. The van der Waals surface area contributed by atoms with Gasteiger partial charge in [0.25, 0.3) is 0 Å². The van der Waals surface area contributed by atoms with Crippen LogP contribution >= 0.6 is 11.8 Å². The lowest BCUT2D eigenvalue weighted by Crippen LogP contribution is -2.07. The summed E-state index contributed by atoms with van der Waals surface area (Å²) in [6, 6.07) is 15.1. The molecule has 21 heavy (non-hydrogen) atoms. The van der Waals surface area contributed by atoms with E-state index in [9.17, 15) is 4.79 Å². The number of aryl methyl sites for hydroxylation is 1. The van der Waals surface area contributed by atoms with Crippen LogP contribution in [0.15, 0.2) is 59.5 Å². The number of nitriles is 1.